The van der Waals surface area contributed by atoms with Gasteiger partial charge in [0.05, 0.1) is 25.1 Å². The fraction of sp³-hybridized carbons (Fsp3) is 0.269. The number of anilines is 1. The lowest BCUT2D eigenvalue weighted by molar-refractivity contribution is 0.191. The highest BCUT2D eigenvalue weighted by atomic mass is 19.1. The van der Waals surface area contributed by atoms with Gasteiger partial charge in [-0.1, -0.05) is 24.3 Å². The van der Waals surface area contributed by atoms with E-state index in [1.54, 1.807) is 19.4 Å². The van der Waals surface area contributed by atoms with Gasteiger partial charge in [0, 0.05) is 31.4 Å². The number of aromatic nitrogens is 3. The molecule has 4 N–H and O–H groups in total. The van der Waals surface area contributed by atoms with Crippen LogP contribution in [0.15, 0.2) is 54.7 Å². The summed E-state index contributed by atoms with van der Waals surface area (Å²) >= 11 is 0. The third-order valence-corrected chi connectivity index (χ3v) is 6.51. The summed E-state index contributed by atoms with van der Waals surface area (Å²) in [5.41, 5.74) is 9.28. The third kappa shape index (κ3) is 4.55. The van der Waals surface area contributed by atoms with Crippen LogP contribution >= 0.6 is 0 Å². The van der Waals surface area contributed by atoms with Crippen LogP contribution in [0, 0.1) is 5.82 Å². The predicted octanol–water partition coefficient (Wildman–Crippen LogP) is 3.60. The van der Waals surface area contributed by atoms with Gasteiger partial charge in [-0.2, -0.15) is 5.10 Å². The van der Waals surface area contributed by atoms with Crippen molar-refractivity contribution in [3.8, 4) is 16.9 Å². The number of fused-ring (bicyclic) bond motifs is 1. The number of nitrogens with two attached hydrogens (primary N) is 1. The maximum absolute atomic E-state index is 14.7. The largest absolute Gasteiger partial charge is 0.497 e. The number of hydrogen-bond donors (Lipinski definition) is 3. The number of amides is 1. The van der Waals surface area contributed by atoms with E-state index in [0.717, 1.165) is 22.3 Å². The highest BCUT2D eigenvalue weighted by Crippen LogP contribution is 2.36. The first kappa shape index (κ1) is 23.6. The zero-order valence-electron chi connectivity index (χ0n) is 19.8. The molecule has 0 saturated carbocycles. The van der Waals surface area contributed by atoms with Crippen molar-refractivity contribution in [1.82, 2.24) is 20.1 Å². The molecule has 1 aliphatic heterocycles. The Morgan fingerprint density at radius 3 is 2.75 bits per heavy atom. The number of nitrogens with zero attached hydrogens (tertiary/aromatic N) is 4. The zero-order valence-corrected chi connectivity index (χ0v) is 19.8. The molecule has 36 heavy (non-hydrogen) atoms. The highest BCUT2D eigenvalue weighted by Gasteiger charge is 2.29. The molecule has 186 valence electrons. The second-order valence-corrected chi connectivity index (χ2v) is 8.78. The molecule has 1 atom stereocenters. The van der Waals surface area contributed by atoms with Gasteiger partial charge in [0.25, 0.3) is 0 Å². The van der Waals surface area contributed by atoms with Crippen LogP contribution < -0.4 is 20.7 Å². The van der Waals surface area contributed by atoms with Crippen LogP contribution in [0.5, 0.6) is 5.75 Å². The maximum Gasteiger partial charge on any atom is 0.404 e. The minimum absolute atomic E-state index is 0.120. The van der Waals surface area contributed by atoms with Crippen molar-refractivity contribution < 1.29 is 19.0 Å². The van der Waals surface area contributed by atoms with Crippen molar-refractivity contribution in [3.05, 3.63) is 71.7 Å². The summed E-state index contributed by atoms with van der Waals surface area (Å²) in [5.74, 6) is 1.10. The van der Waals surface area contributed by atoms with E-state index in [9.17, 15) is 9.18 Å². The lowest BCUT2D eigenvalue weighted by Gasteiger charge is -2.17. The molecule has 0 spiro atoms. The number of carbonyl (C=O) groups is 1. The van der Waals surface area contributed by atoms with Crippen molar-refractivity contribution in [2.75, 3.05) is 25.1 Å². The maximum atomic E-state index is 14.7. The van der Waals surface area contributed by atoms with E-state index < -0.39 is 6.09 Å². The van der Waals surface area contributed by atoms with Crippen molar-refractivity contribution in [2.45, 2.75) is 25.6 Å². The number of carboxylic acid groups (broad SMARTS) is 1. The van der Waals surface area contributed by atoms with Gasteiger partial charge in [0.2, 0.25) is 0 Å². The normalized spacial score (nSPS) is 15.4. The lowest BCUT2D eigenvalue weighted by atomic mass is 10.0. The first-order chi connectivity index (χ1) is 17.5. The fourth-order valence-corrected chi connectivity index (χ4v) is 4.68. The van der Waals surface area contributed by atoms with E-state index in [2.05, 4.69) is 15.2 Å². The van der Waals surface area contributed by atoms with Gasteiger partial charge in [-0.15, -0.1) is 0 Å². The Morgan fingerprint density at radius 1 is 1.25 bits per heavy atom. The summed E-state index contributed by atoms with van der Waals surface area (Å²) in [6.07, 6.45) is 1.31. The summed E-state index contributed by atoms with van der Waals surface area (Å²) in [4.78, 5) is 17.9. The molecule has 0 bridgehead atoms. The molecular formula is C26H27FN6O3. The lowest BCUT2D eigenvalue weighted by Crippen LogP contribution is -2.36. The number of ether oxygens (including phenoxy) is 1. The van der Waals surface area contributed by atoms with Crippen LogP contribution in [-0.2, 0) is 13.1 Å². The molecule has 2 aromatic carbocycles. The van der Waals surface area contributed by atoms with Gasteiger partial charge in [0.15, 0.2) is 11.5 Å². The predicted molar refractivity (Wildman–Crippen MR) is 135 cm³/mol. The number of pyridine rings is 1. The molecule has 4 aromatic rings. The summed E-state index contributed by atoms with van der Waals surface area (Å²) in [6.45, 7) is 1.71. The first-order valence-electron chi connectivity index (χ1n) is 11.7. The van der Waals surface area contributed by atoms with E-state index in [0.29, 0.717) is 48.6 Å². The highest BCUT2D eigenvalue weighted by molar-refractivity contribution is 6.01. The van der Waals surface area contributed by atoms with E-state index in [4.69, 9.17) is 20.7 Å². The Bertz CT molecular complexity index is 1410. The number of hydrogen-bond acceptors (Lipinski definition) is 6. The second-order valence-electron chi connectivity index (χ2n) is 8.78. The van der Waals surface area contributed by atoms with Crippen LogP contribution in [0.4, 0.5) is 15.0 Å². The van der Waals surface area contributed by atoms with E-state index in [1.165, 1.54) is 6.07 Å². The van der Waals surface area contributed by atoms with Crippen LogP contribution in [0.2, 0.25) is 0 Å². The minimum atomic E-state index is -1.05. The molecular weight excluding hydrogens is 463 g/mol. The smallest absolute Gasteiger partial charge is 0.404 e. The van der Waals surface area contributed by atoms with E-state index in [-0.39, 0.29) is 18.4 Å². The molecule has 1 saturated heterocycles. The second kappa shape index (κ2) is 9.82. The van der Waals surface area contributed by atoms with E-state index >= 15 is 0 Å². The number of methoxy groups -OCH3 is 1. The molecule has 0 radical (unpaired) electrons. The molecule has 0 aliphatic carbocycles. The topological polar surface area (TPSA) is 119 Å². The Hall–Kier alpha value is -4.18. The van der Waals surface area contributed by atoms with Crippen LogP contribution in [-0.4, -0.2) is 52.2 Å². The molecule has 2 aromatic heterocycles. The molecule has 1 aliphatic rings. The van der Waals surface area contributed by atoms with Crippen molar-refractivity contribution in [1.29, 1.82) is 0 Å². The third-order valence-electron chi connectivity index (χ3n) is 6.51. The number of nitrogens with one attached hydrogen (secondary N) is 1. The van der Waals surface area contributed by atoms with Gasteiger partial charge in [-0.3, -0.25) is 0 Å². The molecule has 1 fully saturated rings. The molecule has 5 rings (SSSR count). The Morgan fingerprint density at radius 2 is 2.06 bits per heavy atom. The van der Waals surface area contributed by atoms with Crippen molar-refractivity contribution >= 4 is 22.9 Å². The van der Waals surface area contributed by atoms with Crippen molar-refractivity contribution in [2.24, 2.45) is 5.73 Å². The Balaban J connectivity index is 1.61. The molecule has 10 heteroatoms. The van der Waals surface area contributed by atoms with Crippen molar-refractivity contribution in [3.63, 3.8) is 0 Å². The summed E-state index contributed by atoms with van der Waals surface area (Å²) in [6, 6.07) is 14.4. The van der Waals surface area contributed by atoms with Crippen LogP contribution in [0.3, 0.4) is 0 Å². The molecule has 1 unspecified atom stereocenters. The molecule has 9 nitrogen and oxygen atoms in total. The molecule has 1 amide bonds. The fourth-order valence-electron chi connectivity index (χ4n) is 4.68. The average molecular weight is 491 g/mol. The average Bonchev–Trinajstić information content (AvgIpc) is 3.48. The summed E-state index contributed by atoms with van der Waals surface area (Å²) in [7, 11) is 1.62. The molecule has 3 heterocycles. The van der Waals surface area contributed by atoms with E-state index in [1.807, 2.05) is 41.1 Å². The first-order valence-corrected chi connectivity index (χ1v) is 11.7. The standard InChI is InChI=1S/C26H27FN6O3/c1-36-20-6-2-16(3-7-20)14-33-24-23(25(31-33)32-11-9-19(15-32)30-26(34)35)21(8-10-29-24)17-4-5-18(13-28)22(27)12-17/h2-8,10,12,19,30H,9,11,13-15,28H2,1H3,(H,34,35). The van der Waals surface area contributed by atoms with Gasteiger partial charge in [-0.25, -0.2) is 18.9 Å². The zero-order chi connectivity index (χ0) is 25.2. The van der Waals surface area contributed by atoms with Gasteiger partial charge >= 0.3 is 6.09 Å². The minimum Gasteiger partial charge on any atom is -0.497 e. The van der Waals surface area contributed by atoms with Gasteiger partial charge in [-0.05, 0) is 47.4 Å². The number of rotatable bonds is 7. The summed E-state index contributed by atoms with van der Waals surface area (Å²) < 4.78 is 21.8. The van der Waals surface area contributed by atoms with Crippen LogP contribution in [0.1, 0.15) is 17.5 Å². The number of halogens is 1. The quantitative estimate of drug-likeness (QED) is 0.362. The summed E-state index contributed by atoms with van der Waals surface area (Å²) in [5, 5.41) is 17.4. The van der Waals surface area contributed by atoms with Gasteiger partial charge in [0.1, 0.15) is 11.6 Å². The Kier molecular flexibility index (Phi) is 6.43. The Labute approximate surface area is 207 Å². The number of benzene rings is 2. The SMILES string of the molecule is COc1ccc(Cn2nc(N3CCC(NC(=O)O)C3)c3c(-c4ccc(CN)c(F)c4)ccnc32)cc1. The van der Waals surface area contributed by atoms with Gasteiger partial charge < -0.3 is 25.8 Å². The monoisotopic (exact) mass is 490 g/mol. The van der Waals surface area contributed by atoms with Crippen LogP contribution in [0.25, 0.3) is 22.2 Å².